The molecule has 3 N–H and O–H groups in total. The molecule has 9 heteroatoms. The summed E-state index contributed by atoms with van der Waals surface area (Å²) in [4.78, 5) is 56.6. The second kappa shape index (κ2) is 10.6. The molecule has 3 fully saturated rings. The van der Waals surface area contributed by atoms with Crippen molar-refractivity contribution >= 4 is 29.2 Å². The molecule has 0 bridgehead atoms. The van der Waals surface area contributed by atoms with Crippen LogP contribution in [0.4, 0.5) is 5.69 Å². The highest BCUT2D eigenvalue weighted by Gasteiger charge is 2.55. The van der Waals surface area contributed by atoms with Crippen molar-refractivity contribution in [2.75, 3.05) is 25.9 Å². The third-order valence-electron chi connectivity index (χ3n) is 7.89. The highest BCUT2D eigenvalue weighted by molar-refractivity contribution is 6.01. The Balaban J connectivity index is 1.50. The van der Waals surface area contributed by atoms with Crippen LogP contribution in [0.15, 0.2) is 24.3 Å². The quantitative estimate of drug-likeness (QED) is 0.556. The summed E-state index contributed by atoms with van der Waals surface area (Å²) < 4.78 is 5.75. The van der Waals surface area contributed by atoms with Crippen molar-refractivity contribution < 1.29 is 23.9 Å². The maximum atomic E-state index is 13.7. The lowest BCUT2D eigenvalue weighted by Crippen LogP contribution is -2.54. The van der Waals surface area contributed by atoms with Gasteiger partial charge in [-0.15, -0.1) is 0 Å². The molecule has 3 atom stereocenters. The maximum absolute atomic E-state index is 13.7. The Morgan fingerprint density at radius 2 is 1.78 bits per heavy atom. The van der Waals surface area contributed by atoms with E-state index in [-0.39, 0.29) is 42.0 Å². The van der Waals surface area contributed by atoms with Crippen LogP contribution in [0.2, 0.25) is 0 Å². The SMILES string of the molecule is COC1(C(=O)N2CC(=O)C3C2CCN3C(=O)C(CC(C)C)NC(=O)c2ccc(N)cc2)CCCCC1. The predicted octanol–water partition coefficient (Wildman–Crippen LogP) is 2.14. The first-order valence-electron chi connectivity index (χ1n) is 13.0. The van der Waals surface area contributed by atoms with Gasteiger partial charge in [0.25, 0.3) is 11.8 Å². The second-order valence-electron chi connectivity index (χ2n) is 10.8. The van der Waals surface area contributed by atoms with Gasteiger partial charge in [-0.05, 0) is 55.9 Å². The van der Waals surface area contributed by atoms with Crippen LogP contribution in [-0.2, 0) is 19.1 Å². The first-order chi connectivity index (χ1) is 17.2. The molecule has 36 heavy (non-hydrogen) atoms. The van der Waals surface area contributed by atoms with E-state index in [2.05, 4.69) is 5.32 Å². The molecule has 3 aliphatic rings. The molecule has 3 unspecified atom stereocenters. The predicted molar refractivity (Wildman–Crippen MR) is 135 cm³/mol. The van der Waals surface area contributed by atoms with Crippen molar-refractivity contribution in [3.05, 3.63) is 29.8 Å². The average molecular weight is 499 g/mol. The van der Waals surface area contributed by atoms with Crippen molar-refractivity contribution in [2.45, 2.75) is 82.5 Å². The van der Waals surface area contributed by atoms with Gasteiger partial charge in [0, 0.05) is 24.9 Å². The van der Waals surface area contributed by atoms with Crippen LogP contribution in [0.1, 0.15) is 69.2 Å². The number of nitrogens with one attached hydrogen (secondary N) is 1. The second-order valence-corrected chi connectivity index (χ2v) is 10.8. The zero-order chi connectivity index (χ0) is 26.0. The van der Waals surface area contributed by atoms with Crippen molar-refractivity contribution in [1.29, 1.82) is 0 Å². The number of likely N-dealkylation sites (tertiary alicyclic amines) is 2. The van der Waals surface area contributed by atoms with Crippen LogP contribution in [0.5, 0.6) is 0 Å². The minimum absolute atomic E-state index is 0.00427. The number of ether oxygens (including phenoxy) is 1. The van der Waals surface area contributed by atoms with E-state index in [1.807, 2.05) is 13.8 Å². The maximum Gasteiger partial charge on any atom is 0.255 e. The Hall–Kier alpha value is -2.94. The van der Waals surface area contributed by atoms with Crippen molar-refractivity contribution in [1.82, 2.24) is 15.1 Å². The molecule has 0 spiro atoms. The van der Waals surface area contributed by atoms with Crippen LogP contribution in [0.3, 0.4) is 0 Å². The smallest absolute Gasteiger partial charge is 0.255 e. The topological polar surface area (TPSA) is 122 Å². The number of fused-ring (bicyclic) bond motifs is 1. The first-order valence-corrected chi connectivity index (χ1v) is 13.0. The van der Waals surface area contributed by atoms with Crippen LogP contribution >= 0.6 is 0 Å². The van der Waals surface area contributed by atoms with E-state index in [0.29, 0.717) is 43.5 Å². The highest BCUT2D eigenvalue weighted by Crippen LogP contribution is 2.37. The Morgan fingerprint density at radius 1 is 1.11 bits per heavy atom. The van der Waals surface area contributed by atoms with E-state index < -0.39 is 17.7 Å². The van der Waals surface area contributed by atoms with E-state index in [4.69, 9.17) is 10.5 Å². The van der Waals surface area contributed by atoms with Gasteiger partial charge in [0.1, 0.15) is 17.7 Å². The summed E-state index contributed by atoms with van der Waals surface area (Å²) in [6.07, 6.45) is 5.20. The number of nitrogen functional groups attached to an aromatic ring is 1. The molecular formula is C27H38N4O5. The number of methoxy groups -OCH3 is 1. The fourth-order valence-electron chi connectivity index (χ4n) is 6.00. The van der Waals surface area contributed by atoms with Crippen LogP contribution < -0.4 is 11.1 Å². The van der Waals surface area contributed by atoms with E-state index in [0.717, 1.165) is 19.3 Å². The zero-order valence-electron chi connectivity index (χ0n) is 21.5. The highest BCUT2D eigenvalue weighted by atomic mass is 16.5. The number of anilines is 1. The number of benzene rings is 1. The minimum Gasteiger partial charge on any atom is -0.399 e. The average Bonchev–Trinajstić information content (AvgIpc) is 3.44. The summed E-state index contributed by atoms with van der Waals surface area (Å²) in [5.74, 6) is -0.751. The number of Topliss-reactive ketones (excluding diaryl/α,β-unsaturated/α-hetero) is 1. The third kappa shape index (κ3) is 4.98. The molecule has 1 aromatic carbocycles. The number of amides is 3. The fourth-order valence-corrected chi connectivity index (χ4v) is 6.00. The number of ketones is 1. The summed E-state index contributed by atoms with van der Waals surface area (Å²) >= 11 is 0. The van der Waals surface area contributed by atoms with Gasteiger partial charge in [-0.1, -0.05) is 33.1 Å². The van der Waals surface area contributed by atoms with Gasteiger partial charge < -0.3 is 25.6 Å². The Morgan fingerprint density at radius 3 is 2.39 bits per heavy atom. The van der Waals surface area contributed by atoms with Gasteiger partial charge in [-0.3, -0.25) is 19.2 Å². The number of hydrogen-bond acceptors (Lipinski definition) is 6. The molecule has 9 nitrogen and oxygen atoms in total. The largest absolute Gasteiger partial charge is 0.399 e. The molecule has 2 saturated heterocycles. The standard InChI is InChI=1S/C27H38N4O5/c1-17(2)15-20(29-24(33)18-7-9-19(28)10-8-18)25(34)30-14-11-21-23(30)22(32)16-31(21)26(35)27(36-3)12-5-4-6-13-27/h7-10,17,20-21,23H,4-6,11-16,28H2,1-3H3,(H,29,33). The van der Waals surface area contributed by atoms with Gasteiger partial charge >= 0.3 is 0 Å². The van der Waals surface area contributed by atoms with Crippen molar-refractivity contribution in [2.24, 2.45) is 5.92 Å². The number of carbonyl (C=O) groups is 4. The molecule has 1 aliphatic carbocycles. The molecular weight excluding hydrogens is 460 g/mol. The van der Waals surface area contributed by atoms with E-state index >= 15 is 0 Å². The van der Waals surface area contributed by atoms with Crippen LogP contribution in [0, 0.1) is 5.92 Å². The summed E-state index contributed by atoms with van der Waals surface area (Å²) in [5.41, 5.74) is 5.81. The van der Waals surface area contributed by atoms with Gasteiger partial charge in [-0.25, -0.2) is 0 Å². The minimum atomic E-state index is -0.877. The van der Waals surface area contributed by atoms with E-state index in [9.17, 15) is 19.2 Å². The summed E-state index contributed by atoms with van der Waals surface area (Å²) in [6.45, 7) is 4.33. The van der Waals surface area contributed by atoms with Gasteiger partial charge in [-0.2, -0.15) is 0 Å². The number of nitrogens with zero attached hydrogens (tertiary/aromatic N) is 2. The normalized spacial score (nSPS) is 24.1. The van der Waals surface area contributed by atoms with Gasteiger partial charge in [0.05, 0.1) is 12.6 Å². The molecule has 1 aromatic rings. The molecule has 1 saturated carbocycles. The fraction of sp³-hybridized carbons (Fsp3) is 0.630. The summed E-state index contributed by atoms with van der Waals surface area (Å²) in [6, 6.07) is 4.72. The lowest BCUT2D eigenvalue weighted by atomic mass is 9.83. The monoisotopic (exact) mass is 498 g/mol. The lowest BCUT2D eigenvalue weighted by molar-refractivity contribution is -0.160. The van der Waals surface area contributed by atoms with Crippen LogP contribution in [-0.4, -0.2) is 77.2 Å². The number of nitrogens with two attached hydrogens (primary N) is 1. The Labute approximate surface area is 212 Å². The van der Waals surface area contributed by atoms with Gasteiger partial charge in [0.2, 0.25) is 5.91 Å². The van der Waals surface area contributed by atoms with Crippen molar-refractivity contribution in [3.63, 3.8) is 0 Å². The first kappa shape index (κ1) is 26.1. The molecule has 0 aromatic heterocycles. The molecule has 3 amide bonds. The zero-order valence-corrected chi connectivity index (χ0v) is 21.5. The molecule has 196 valence electrons. The number of carbonyl (C=O) groups excluding carboxylic acids is 4. The molecule has 0 radical (unpaired) electrons. The Bertz CT molecular complexity index is 1000. The molecule has 2 aliphatic heterocycles. The lowest BCUT2D eigenvalue weighted by Gasteiger charge is -2.38. The number of hydrogen-bond donors (Lipinski definition) is 2. The summed E-state index contributed by atoms with van der Waals surface area (Å²) in [7, 11) is 1.57. The molecule has 2 heterocycles. The summed E-state index contributed by atoms with van der Waals surface area (Å²) in [5, 5.41) is 2.87. The Kier molecular flexibility index (Phi) is 7.68. The van der Waals surface area contributed by atoms with E-state index in [1.54, 1.807) is 41.2 Å². The number of rotatable bonds is 7. The van der Waals surface area contributed by atoms with Crippen molar-refractivity contribution in [3.8, 4) is 0 Å². The third-order valence-corrected chi connectivity index (χ3v) is 7.89. The van der Waals surface area contributed by atoms with Gasteiger partial charge in [0.15, 0.2) is 5.78 Å². The molecule has 4 rings (SSSR count). The van der Waals surface area contributed by atoms with Crippen LogP contribution in [0.25, 0.3) is 0 Å². The van der Waals surface area contributed by atoms with E-state index in [1.165, 1.54) is 0 Å².